The van der Waals surface area contributed by atoms with E-state index in [1.54, 1.807) is 12.1 Å². The van der Waals surface area contributed by atoms with Gasteiger partial charge in [0.1, 0.15) is 11.5 Å². The number of allylic oxidation sites excluding steroid dienone is 1. The molecule has 0 saturated heterocycles. The molecule has 2 aromatic carbocycles. The maximum absolute atomic E-state index is 13.0. The molecule has 0 saturated carbocycles. The molecule has 0 heterocycles. The van der Waals surface area contributed by atoms with Crippen LogP contribution in [0.3, 0.4) is 0 Å². The summed E-state index contributed by atoms with van der Waals surface area (Å²) in [5, 5.41) is 8.66. The minimum Gasteiger partial charge on any atom is -0.457 e. The summed E-state index contributed by atoms with van der Waals surface area (Å²) in [6.07, 6.45) is -2.37. The molecule has 22 heavy (non-hydrogen) atoms. The van der Waals surface area contributed by atoms with Crippen molar-refractivity contribution in [3.63, 3.8) is 0 Å². The quantitative estimate of drug-likeness (QED) is 0.813. The van der Waals surface area contributed by atoms with Crippen molar-refractivity contribution >= 4 is 0 Å². The highest BCUT2D eigenvalue weighted by Gasteiger charge is 2.38. The van der Waals surface area contributed by atoms with Crippen LogP contribution in [-0.4, -0.2) is 17.9 Å². The van der Waals surface area contributed by atoms with E-state index in [1.807, 2.05) is 18.2 Å². The smallest absolute Gasteiger partial charge is 0.399 e. The molecule has 2 aromatic rings. The number of hydrogen-bond donors (Lipinski definition) is 1. The van der Waals surface area contributed by atoms with Gasteiger partial charge in [0.15, 0.2) is 0 Å². The van der Waals surface area contributed by atoms with Crippen molar-refractivity contribution in [3.05, 3.63) is 72.3 Å². The first-order chi connectivity index (χ1) is 10.5. The summed E-state index contributed by atoms with van der Waals surface area (Å²) in [6, 6.07) is 14.7. The number of aliphatic hydroxyl groups is 1. The Labute approximate surface area is 126 Å². The molecule has 1 atom stereocenters. The maximum Gasteiger partial charge on any atom is 0.399 e. The van der Waals surface area contributed by atoms with Gasteiger partial charge in [-0.2, -0.15) is 13.2 Å². The molecule has 2 nitrogen and oxygen atoms in total. The predicted molar refractivity (Wildman–Crippen MR) is 78.0 cm³/mol. The lowest BCUT2D eigenvalue weighted by molar-refractivity contribution is -0.139. The average molecular weight is 308 g/mol. The minimum atomic E-state index is -4.41. The van der Waals surface area contributed by atoms with Gasteiger partial charge in [0.25, 0.3) is 0 Å². The van der Waals surface area contributed by atoms with Crippen molar-refractivity contribution in [2.45, 2.75) is 12.1 Å². The molecule has 5 heteroatoms. The molecule has 2 rings (SSSR count). The maximum atomic E-state index is 13.0. The Morgan fingerprint density at radius 3 is 2.09 bits per heavy atom. The van der Waals surface area contributed by atoms with Gasteiger partial charge in [0.05, 0.1) is 12.5 Å². The first kappa shape index (κ1) is 16.1. The fourth-order valence-corrected chi connectivity index (χ4v) is 1.97. The summed E-state index contributed by atoms with van der Waals surface area (Å²) in [5.41, 5.74) is 0.0950. The Bertz CT molecular complexity index is 604. The highest BCUT2D eigenvalue weighted by atomic mass is 19.4. The summed E-state index contributed by atoms with van der Waals surface area (Å²) in [7, 11) is 0. The third-order valence-corrected chi connectivity index (χ3v) is 3.00. The Morgan fingerprint density at radius 2 is 1.55 bits per heavy atom. The fraction of sp³-hybridized carbons (Fsp3) is 0.176. The van der Waals surface area contributed by atoms with Crippen molar-refractivity contribution in [1.82, 2.24) is 0 Å². The SMILES string of the molecule is OC/C=C/[C@@H](c1ccc(Oc2ccccc2)cc1)C(F)(F)F. The van der Waals surface area contributed by atoms with E-state index in [0.717, 1.165) is 12.2 Å². The number of aliphatic hydroxyl groups excluding tert-OH is 1. The monoisotopic (exact) mass is 308 g/mol. The summed E-state index contributed by atoms with van der Waals surface area (Å²) < 4.78 is 44.6. The van der Waals surface area contributed by atoms with E-state index in [1.165, 1.54) is 24.3 Å². The van der Waals surface area contributed by atoms with Crippen molar-refractivity contribution < 1.29 is 23.0 Å². The minimum absolute atomic E-state index is 0.0950. The second kappa shape index (κ2) is 7.13. The number of alkyl halides is 3. The van der Waals surface area contributed by atoms with Gasteiger partial charge >= 0.3 is 6.18 Å². The van der Waals surface area contributed by atoms with Gasteiger partial charge in [-0.05, 0) is 29.8 Å². The number of hydrogen-bond acceptors (Lipinski definition) is 2. The zero-order valence-corrected chi connectivity index (χ0v) is 11.6. The van der Waals surface area contributed by atoms with Crippen LogP contribution in [0.15, 0.2) is 66.7 Å². The summed E-state index contributed by atoms with van der Waals surface area (Å²) >= 11 is 0. The summed E-state index contributed by atoms with van der Waals surface area (Å²) in [5.74, 6) is -0.671. The molecule has 0 aliphatic heterocycles. The Hall–Kier alpha value is -2.27. The number of ether oxygens (including phenoxy) is 1. The van der Waals surface area contributed by atoms with Gasteiger partial charge < -0.3 is 9.84 Å². The van der Waals surface area contributed by atoms with Crippen molar-refractivity contribution in [3.8, 4) is 11.5 Å². The Morgan fingerprint density at radius 1 is 0.955 bits per heavy atom. The molecule has 0 aromatic heterocycles. The lowest BCUT2D eigenvalue weighted by Gasteiger charge is -2.17. The van der Waals surface area contributed by atoms with Crippen LogP contribution < -0.4 is 4.74 Å². The van der Waals surface area contributed by atoms with Crippen molar-refractivity contribution in [2.24, 2.45) is 0 Å². The van der Waals surface area contributed by atoms with Crippen LogP contribution in [0, 0.1) is 0 Å². The summed E-state index contributed by atoms with van der Waals surface area (Å²) in [4.78, 5) is 0. The molecule has 0 bridgehead atoms. The van der Waals surface area contributed by atoms with E-state index >= 15 is 0 Å². The van der Waals surface area contributed by atoms with Gasteiger partial charge in [-0.1, -0.05) is 42.5 Å². The molecule has 0 radical (unpaired) electrons. The zero-order chi connectivity index (χ0) is 16.0. The van der Waals surface area contributed by atoms with Gasteiger partial charge in [-0.3, -0.25) is 0 Å². The number of rotatable bonds is 5. The molecule has 0 spiro atoms. The lowest BCUT2D eigenvalue weighted by atomic mass is 9.98. The number of benzene rings is 2. The molecule has 1 N–H and O–H groups in total. The van der Waals surface area contributed by atoms with Crippen LogP contribution in [0.25, 0.3) is 0 Å². The van der Waals surface area contributed by atoms with Crippen molar-refractivity contribution in [2.75, 3.05) is 6.61 Å². The molecule has 0 unspecified atom stereocenters. The van der Waals surface area contributed by atoms with E-state index in [-0.39, 0.29) is 5.56 Å². The Balaban J connectivity index is 2.17. The van der Waals surface area contributed by atoms with Crippen LogP contribution in [0.4, 0.5) is 13.2 Å². The molecule has 0 amide bonds. The Kier molecular flexibility index (Phi) is 5.22. The van der Waals surface area contributed by atoms with Crippen LogP contribution in [0.5, 0.6) is 11.5 Å². The predicted octanol–water partition coefficient (Wildman–Crippen LogP) is 4.67. The molecule has 0 fully saturated rings. The zero-order valence-electron chi connectivity index (χ0n) is 11.6. The fourth-order valence-electron chi connectivity index (χ4n) is 1.97. The second-order valence-corrected chi connectivity index (χ2v) is 4.61. The standard InChI is InChI=1S/C17H15F3O2/c18-17(19,20)16(7-4-12-21)13-8-10-15(11-9-13)22-14-5-2-1-3-6-14/h1-11,16,21H,12H2/b7-4+/t16-/m0/s1. The van der Waals surface area contributed by atoms with E-state index in [0.29, 0.717) is 11.5 Å². The molecule has 116 valence electrons. The van der Waals surface area contributed by atoms with Gasteiger partial charge in [-0.25, -0.2) is 0 Å². The van der Waals surface area contributed by atoms with Gasteiger partial charge in [0.2, 0.25) is 0 Å². The molecular weight excluding hydrogens is 293 g/mol. The van der Waals surface area contributed by atoms with Crippen LogP contribution >= 0.6 is 0 Å². The van der Waals surface area contributed by atoms with Crippen molar-refractivity contribution in [1.29, 1.82) is 0 Å². The second-order valence-electron chi connectivity index (χ2n) is 4.61. The van der Waals surface area contributed by atoms with Crippen LogP contribution in [-0.2, 0) is 0 Å². The first-order valence-electron chi connectivity index (χ1n) is 6.68. The lowest BCUT2D eigenvalue weighted by Crippen LogP contribution is -2.19. The third kappa shape index (κ3) is 4.36. The van der Waals surface area contributed by atoms with E-state index in [9.17, 15) is 13.2 Å². The molecular formula is C17H15F3O2. The third-order valence-electron chi connectivity index (χ3n) is 3.00. The molecule has 0 aliphatic rings. The van der Waals surface area contributed by atoms with E-state index < -0.39 is 18.7 Å². The van der Waals surface area contributed by atoms with E-state index in [2.05, 4.69) is 0 Å². The number of halogens is 3. The van der Waals surface area contributed by atoms with Gasteiger partial charge in [0, 0.05) is 0 Å². The topological polar surface area (TPSA) is 29.5 Å². The average Bonchev–Trinajstić information content (AvgIpc) is 2.49. The largest absolute Gasteiger partial charge is 0.457 e. The number of para-hydroxylation sites is 1. The highest BCUT2D eigenvalue weighted by molar-refractivity contribution is 5.35. The van der Waals surface area contributed by atoms with Gasteiger partial charge in [-0.15, -0.1) is 0 Å². The van der Waals surface area contributed by atoms with Crippen LogP contribution in [0.2, 0.25) is 0 Å². The van der Waals surface area contributed by atoms with E-state index in [4.69, 9.17) is 9.84 Å². The normalized spacial score (nSPS) is 13.3. The highest BCUT2D eigenvalue weighted by Crippen LogP contribution is 2.36. The van der Waals surface area contributed by atoms with Crippen LogP contribution in [0.1, 0.15) is 11.5 Å². The first-order valence-corrected chi connectivity index (χ1v) is 6.68. The summed E-state index contributed by atoms with van der Waals surface area (Å²) in [6.45, 7) is -0.429. The molecule has 0 aliphatic carbocycles.